The van der Waals surface area contributed by atoms with Gasteiger partial charge in [-0.2, -0.15) is 0 Å². The summed E-state index contributed by atoms with van der Waals surface area (Å²) < 4.78 is 12.9. The molecule has 0 aliphatic carbocycles. The van der Waals surface area contributed by atoms with Crippen LogP contribution in [0.4, 0.5) is 5.69 Å². The van der Waals surface area contributed by atoms with Crippen LogP contribution in [0.2, 0.25) is 0 Å². The van der Waals surface area contributed by atoms with E-state index >= 15 is 0 Å². The molecule has 1 aliphatic rings. The number of non-ortho nitro benzene ring substituents is 1. The van der Waals surface area contributed by atoms with Gasteiger partial charge < -0.3 is 9.47 Å². The van der Waals surface area contributed by atoms with Crippen LogP contribution in [0, 0.1) is 17.3 Å². The second-order valence-corrected chi connectivity index (χ2v) is 8.44. The standard InChI is InChI=1S/C19H14I2N2O5/c1-10(2)27-17-14(20)7-11(8-15(17)21)9-16-19(24)28-18(22-16)12-3-5-13(6-4-12)23(25)26/h3-10H,1-2H3/b16-9-. The molecule has 0 atom stereocenters. The van der Waals surface area contributed by atoms with Crippen molar-refractivity contribution in [3.05, 3.63) is 70.5 Å². The molecule has 0 N–H and O–H groups in total. The Labute approximate surface area is 188 Å². The van der Waals surface area contributed by atoms with Gasteiger partial charge >= 0.3 is 5.97 Å². The Morgan fingerprint density at radius 3 is 2.32 bits per heavy atom. The van der Waals surface area contributed by atoms with E-state index in [1.54, 1.807) is 6.08 Å². The van der Waals surface area contributed by atoms with Crippen LogP contribution in [0.25, 0.3) is 6.08 Å². The third-order valence-electron chi connectivity index (χ3n) is 3.62. The molecule has 0 unspecified atom stereocenters. The van der Waals surface area contributed by atoms with Crippen LogP contribution in [0.1, 0.15) is 25.0 Å². The molecule has 7 nitrogen and oxygen atoms in total. The van der Waals surface area contributed by atoms with E-state index in [1.807, 2.05) is 26.0 Å². The SMILES string of the molecule is CC(C)Oc1c(I)cc(/C=C2\N=C(c3ccc([N+](=O)[O-])cc3)OC2=O)cc1I. The molecule has 28 heavy (non-hydrogen) atoms. The fourth-order valence-electron chi connectivity index (χ4n) is 2.43. The number of hydrogen-bond acceptors (Lipinski definition) is 6. The first kappa shape index (κ1) is 20.7. The second-order valence-electron chi connectivity index (χ2n) is 6.12. The van der Waals surface area contributed by atoms with Gasteiger partial charge in [-0.3, -0.25) is 10.1 Å². The minimum Gasteiger partial charge on any atom is -0.489 e. The predicted molar refractivity (Wildman–Crippen MR) is 121 cm³/mol. The van der Waals surface area contributed by atoms with E-state index in [0.717, 1.165) is 18.5 Å². The van der Waals surface area contributed by atoms with Crippen LogP contribution in [-0.4, -0.2) is 22.9 Å². The monoisotopic (exact) mass is 604 g/mol. The molecule has 0 spiro atoms. The molecule has 0 aromatic heterocycles. The van der Waals surface area contributed by atoms with Crippen molar-refractivity contribution in [1.82, 2.24) is 0 Å². The number of hydrogen-bond donors (Lipinski definition) is 0. The van der Waals surface area contributed by atoms with Gasteiger partial charge in [-0.15, -0.1) is 0 Å². The number of cyclic esters (lactones) is 1. The first-order chi connectivity index (χ1) is 13.2. The quantitative estimate of drug-likeness (QED) is 0.159. The Balaban J connectivity index is 1.90. The molecule has 0 saturated carbocycles. The van der Waals surface area contributed by atoms with Gasteiger partial charge in [0, 0.05) is 17.7 Å². The fraction of sp³-hybridized carbons (Fsp3) is 0.158. The average Bonchev–Trinajstić information content (AvgIpc) is 2.99. The fourth-order valence-corrected chi connectivity index (χ4v) is 4.50. The van der Waals surface area contributed by atoms with Crippen molar-refractivity contribution in [1.29, 1.82) is 0 Å². The highest BCUT2D eigenvalue weighted by atomic mass is 127. The zero-order valence-corrected chi connectivity index (χ0v) is 19.1. The summed E-state index contributed by atoms with van der Waals surface area (Å²) in [5.74, 6) is 0.360. The third-order valence-corrected chi connectivity index (χ3v) is 5.23. The Morgan fingerprint density at radius 2 is 1.79 bits per heavy atom. The molecule has 0 bridgehead atoms. The van der Waals surface area contributed by atoms with E-state index in [0.29, 0.717) is 5.56 Å². The third kappa shape index (κ3) is 4.69. The van der Waals surface area contributed by atoms with Crippen molar-refractivity contribution in [3.63, 3.8) is 0 Å². The van der Waals surface area contributed by atoms with Crippen LogP contribution in [0.3, 0.4) is 0 Å². The van der Waals surface area contributed by atoms with Crippen LogP contribution in [0.5, 0.6) is 5.75 Å². The Hall–Kier alpha value is -2.02. The number of aliphatic imine (C=N–C) groups is 1. The van der Waals surface area contributed by atoms with Crippen molar-refractivity contribution >= 4 is 68.8 Å². The number of rotatable bonds is 5. The highest BCUT2D eigenvalue weighted by Crippen LogP contribution is 2.31. The molecule has 2 aromatic rings. The number of halogens is 2. The van der Waals surface area contributed by atoms with E-state index in [2.05, 4.69) is 50.2 Å². The van der Waals surface area contributed by atoms with Gasteiger partial charge in [0.1, 0.15) is 5.75 Å². The first-order valence-corrected chi connectivity index (χ1v) is 10.3. The molecule has 0 fully saturated rings. The van der Waals surface area contributed by atoms with Crippen molar-refractivity contribution in [2.24, 2.45) is 4.99 Å². The maximum absolute atomic E-state index is 12.2. The zero-order chi connectivity index (χ0) is 20.4. The number of nitro groups is 1. The molecular formula is C19H14I2N2O5. The zero-order valence-electron chi connectivity index (χ0n) is 14.8. The van der Waals surface area contributed by atoms with E-state index in [1.165, 1.54) is 24.3 Å². The summed E-state index contributed by atoms with van der Waals surface area (Å²) in [5, 5.41) is 10.7. The number of carbonyl (C=O) groups excluding carboxylic acids is 1. The summed E-state index contributed by atoms with van der Waals surface area (Å²) in [7, 11) is 0. The summed E-state index contributed by atoms with van der Waals surface area (Å²) in [4.78, 5) is 26.7. The minimum atomic E-state index is -0.569. The molecule has 144 valence electrons. The molecular weight excluding hydrogens is 590 g/mol. The lowest BCUT2D eigenvalue weighted by atomic mass is 10.2. The highest BCUT2D eigenvalue weighted by molar-refractivity contribution is 14.1. The number of esters is 1. The van der Waals surface area contributed by atoms with Gasteiger partial charge in [0.2, 0.25) is 5.90 Å². The normalized spacial score (nSPS) is 15.0. The van der Waals surface area contributed by atoms with Gasteiger partial charge in [0.25, 0.3) is 5.69 Å². The topological polar surface area (TPSA) is 91.0 Å². The smallest absolute Gasteiger partial charge is 0.363 e. The summed E-state index contributed by atoms with van der Waals surface area (Å²) in [6, 6.07) is 9.48. The maximum Gasteiger partial charge on any atom is 0.363 e. The van der Waals surface area contributed by atoms with Crippen molar-refractivity contribution in [2.45, 2.75) is 20.0 Å². The Bertz CT molecular complexity index is 990. The summed E-state index contributed by atoms with van der Waals surface area (Å²) in [6.45, 7) is 3.93. The van der Waals surface area contributed by atoms with E-state index in [-0.39, 0.29) is 23.4 Å². The number of benzene rings is 2. The lowest BCUT2D eigenvalue weighted by Crippen LogP contribution is -2.08. The lowest BCUT2D eigenvalue weighted by molar-refractivity contribution is -0.384. The molecule has 3 rings (SSSR count). The summed E-state index contributed by atoms with van der Waals surface area (Å²) in [6.07, 6.45) is 1.70. The largest absolute Gasteiger partial charge is 0.489 e. The second kappa shape index (κ2) is 8.55. The van der Waals surface area contributed by atoms with Gasteiger partial charge in [0.15, 0.2) is 5.70 Å². The van der Waals surface area contributed by atoms with Crippen LogP contribution < -0.4 is 4.74 Å². The van der Waals surface area contributed by atoms with Crippen LogP contribution in [-0.2, 0) is 9.53 Å². The molecule has 1 heterocycles. The highest BCUT2D eigenvalue weighted by Gasteiger charge is 2.25. The maximum atomic E-state index is 12.2. The van der Waals surface area contributed by atoms with Crippen LogP contribution in [0.15, 0.2) is 47.1 Å². The van der Waals surface area contributed by atoms with Gasteiger partial charge in [-0.25, -0.2) is 9.79 Å². The molecule has 0 amide bonds. The summed E-state index contributed by atoms with van der Waals surface area (Å²) >= 11 is 4.38. The Morgan fingerprint density at radius 1 is 1.18 bits per heavy atom. The van der Waals surface area contributed by atoms with Crippen molar-refractivity contribution < 1.29 is 19.2 Å². The number of carbonyl (C=O) groups is 1. The van der Waals surface area contributed by atoms with Gasteiger partial charge in [-0.05, 0) is 94.9 Å². The minimum absolute atomic E-state index is 0.0442. The van der Waals surface area contributed by atoms with Gasteiger partial charge in [0.05, 0.1) is 18.2 Å². The number of ether oxygens (including phenoxy) is 2. The summed E-state index contributed by atoms with van der Waals surface area (Å²) in [5.41, 5.74) is 1.41. The molecule has 2 aromatic carbocycles. The molecule has 1 aliphatic heterocycles. The van der Waals surface area contributed by atoms with Crippen molar-refractivity contribution in [3.8, 4) is 5.75 Å². The Kier molecular flexibility index (Phi) is 6.33. The first-order valence-electron chi connectivity index (χ1n) is 8.17. The van der Waals surface area contributed by atoms with Crippen molar-refractivity contribution in [2.75, 3.05) is 0 Å². The molecule has 9 heteroatoms. The number of nitrogens with zero attached hydrogens (tertiary/aromatic N) is 2. The molecule has 0 radical (unpaired) electrons. The lowest BCUT2D eigenvalue weighted by Gasteiger charge is -2.14. The molecule has 0 saturated heterocycles. The van der Waals surface area contributed by atoms with E-state index in [4.69, 9.17) is 9.47 Å². The van der Waals surface area contributed by atoms with E-state index < -0.39 is 10.9 Å². The predicted octanol–water partition coefficient (Wildman–Crippen LogP) is 4.94. The van der Waals surface area contributed by atoms with E-state index in [9.17, 15) is 14.9 Å². The average molecular weight is 604 g/mol. The van der Waals surface area contributed by atoms with Crippen LogP contribution >= 0.6 is 45.2 Å². The number of nitro benzene ring substituents is 1. The van der Waals surface area contributed by atoms with Gasteiger partial charge in [-0.1, -0.05) is 0 Å².